The molecule has 92 valence electrons. The number of carbonyl (C=O) groups excluding carboxylic acids is 1. The van der Waals surface area contributed by atoms with Gasteiger partial charge in [0.15, 0.2) is 0 Å². The molecule has 0 bridgehead atoms. The average Bonchev–Trinajstić information content (AvgIpc) is 2.79. The van der Waals surface area contributed by atoms with E-state index in [9.17, 15) is 4.79 Å². The molecule has 4 heteroatoms. The quantitative estimate of drug-likeness (QED) is 0.926. The van der Waals surface area contributed by atoms with Crippen LogP contribution in [0.2, 0.25) is 0 Å². The number of amides is 1. The lowest BCUT2D eigenvalue weighted by atomic mass is 10.1. The van der Waals surface area contributed by atoms with Crippen molar-refractivity contribution in [3.8, 4) is 0 Å². The molecule has 2 rings (SSSR count). The third-order valence-electron chi connectivity index (χ3n) is 2.80. The van der Waals surface area contributed by atoms with Gasteiger partial charge in [0.1, 0.15) is 0 Å². The monoisotopic (exact) mass is 297 g/mol. The molecule has 0 spiro atoms. The molecule has 0 saturated carbocycles. The van der Waals surface area contributed by atoms with Gasteiger partial charge in [-0.25, -0.2) is 0 Å². The van der Waals surface area contributed by atoms with Crippen molar-refractivity contribution in [3.05, 3.63) is 34.3 Å². The SMILES string of the molecule is O=C(Cc1cccc(Br)c1)NCC1CCCO1. The van der Waals surface area contributed by atoms with Crippen LogP contribution in [-0.2, 0) is 16.0 Å². The van der Waals surface area contributed by atoms with Crippen molar-refractivity contribution in [2.75, 3.05) is 13.2 Å². The maximum Gasteiger partial charge on any atom is 0.224 e. The summed E-state index contributed by atoms with van der Waals surface area (Å²) < 4.78 is 6.45. The molecule has 0 aromatic heterocycles. The largest absolute Gasteiger partial charge is 0.376 e. The van der Waals surface area contributed by atoms with Gasteiger partial charge in [-0.05, 0) is 30.5 Å². The van der Waals surface area contributed by atoms with E-state index in [0.717, 1.165) is 29.5 Å². The van der Waals surface area contributed by atoms with Crippen LogP contribution in [0.1, 0.15) is 18.4 Å². The second kappa shape index (κ2) is 6.17. The van der Waals surface area contributed by atoms with Gasteiger partial charge in [-0.2, -0.15) is 0 Å². The van der Waals surface area contributed by atoms with E-state index in [1.165, 1.54) is 0 Å². The minimum absolute atomic E-state index is 0.0543. The molecule has 1 aromatic rings. The molecule has 1 heterocycles. The first-order chi connectivity index (χ1) is 8.24. The smallest absolute Gasteiger partial charge is 0.224 e. The molecule has 1 atom stereocenters. The highest BCUT2D eigenvalue weighted by Crippen LogP contribution is 2.13. The molecule has 1 aliphatic heterocycles. The minimum Gasteiger partial charge on any atom is -0.376 e. The van der Waals surface area contributed by atoms with Gasteiger partial charge in [0.25, 0.3) is 0 Å². The van der Waals surface area contributed by atoms with Gasteiger partial charge < -0.3 is 10.1 Å². The molecule has 1 aromatic carbocycles. The van der Waals surface area contributed by atoms with Crippen LogP contribution in [0.5, 0.6) is 0 Å². The summed E-state index contributed by atoms with van der Waals surface area (Å²) in [7, 11) is 0. The highest BCUT2D eigenvalue weighted by atomic mass is 79.9. The Morgan fingerprint density at radius 2 is 2.41 bits per heavy atom. The van der Waals surface area contributed by atoms with Crippen LogP contribution >= 0.6 is 15.9 Å². The molecule has 1 fully saturated rings. The Morgan fingerprint density at radius 1 is 1.53 bits per heavy atom. The number of benzene rings is 1. The van der Waals surface area contributed by atoms with Gasteiger partial charge in [-0.1, -0.05) is 28.1 Å². The topological polar surface area (TPSA) is 38.3 Å². The Labute approximate surface area is 110 Å². The van der Waals surface area contributed by atoms with E-state index in [1.807, 2.05) is 24.3 Å². The van der Waals surface area contributed by atoms with Crippen LogP contribution in [-0.4, -0.2) is 25.2 Å². The maximum absolute atomic E-state index is 11.7. The molecule has 1 unspecified atom stereocenters. The predicted molar refractivity (Wildman–Crippen MR) is 69.8 cm³/mol. The number of carbonyl (C=O) groups is 1. The van der Waals surface area contributed by atoms with Crippen LogP contribution in [0, 0.1) is 0 Å². The number of rotatable bonds is 4. The summed E-state index contributed by atoms with van der Waals surface area (Å²) in [5, 5.41) is 2.91. The molecule has 1 N–H and O–H groups in total. The fourth-order valence-corrected chi connectivity index (χ4v) is 2.37. The van der Waals surface area contributed by atoms with Crippen LogP contribution in [0.25, 0.3) is 0 Å². The van der Waals surface area contributed by atoms with Gasteiger partial charge in [-0.3, -0.25) is 4.79 Å². The first-order valence-corrected chi connectivity index (χ1v) is 6.66. The predicted octanol–water partition coefficient (Wildman–Crippen LogP) is 2.29. The molecular weight excluding hydrogens is 282 g/mol. The van der Waals surface area contributed by atoms with Crippen molar-refractivity contribution in [2.24, 2.45) is 0 Å². The molecular formula is C13H16BrNO2. The van der Waals surface area contributed by atoms with Crippen LogP contribution in [0.3, 0.4) is 0 Å². The van der Waals surface area contributed by atoms with Gasteiger partial charge >= 0.3 is 0 Å². The van der Waals surface area contributed by atoms with Crippen molar-refractivity contribution < 1.29 is 9.53 Å². The fraction of sp³-hybridized carbons (Fsp3) is 0.462. The summed E-state index contributed by atoms with van der Waals surface area (Å²) in [5.41, 5.74) is 1.02. The minimum atomic E-state index is 0.0543. The lowest BCUT2D eigenvalue weighted by Gasteiger charge is -2.10. The lowest BCUT2D eigenvalue weighted by molar-refractivity contribution is -0.120. The lowest BCUT2D eigenvalue weighted by Crippen LogP contribution is -2.32. The Morgan fingerprint density at radius 3 is 3.12 bits per heavy atom. The summed E-state index contributed by atoms with van der Waals surface area (Å²) in [6, 6.07) is 7.81. The van der Waals surface area contributed by atoms with E-state index in [1.54, 1.807) is 0 Å². The van der Waals surface area contributed by atoms with E-state index >= 15 is 0 Å². The Balaban J connectivity index is 1.76. The summed E-state index contributed by atoms with van der Waals surface area (Å²) >= 11 is 3.39. The van der Waals surface area contributed by atoms with Crippen LogP contribution in [0.15, 0.2) is 28.7 Å². The number of hydrogen-bond donors (Lipinski definition) is 1. The van der Waals surface area contributed by atoms with Crippen molar-refractivity contribution >= 4 is 21.8 Å². The first-order valence-electron chi connectivity index (χ1n) is 5.87. The average molecular weight is 298 g/mol. The van der Waals surface area contributed by atoms with Crippen molar-refractivity contribution in [3.63, 3.8) is 0 Å². The van der Waals surface area contributed by atoms with E-state index in [2.05, 4.69) is 21.2 Å². The summed E-state index contributed by atoms with van der Waals surface area (Å²) in [4.78, 5) is 11.7. The molecule has 1 aliphatic rings. The van der Waals surface area contributed by atoms with E-state index in [-0.39, 0.29) is 12.0 Å². The second-order valence-corrected chi connectivity index (χ2v) is 5.16. The highest BCUT2D eigenvalue weighted by molar-refractivity contribution is 9.10. The number of hydrogen-bond acceptors (Lipinski definition) is 2. The maximum atomic E-state index is 11.7. The summed E-state index contributed by atoms with van der Waals surface area (Å²) in [5.74, 6) is 0.0543. The summed E-state index contributed by atoms with van der Waals surface area (Å²) in [6.07, 6.45) is 2.79. The molecule has 17 heavy (non-hydrogen) atoms. The molecule has 0 radical (unpaired) electrons. The molecule has 3 nitrogen and oxygen atoms in total. The number of ether oxygens (including phenoxy) is 1. The first kappa shape index (κ1) is 12.6. The Hall–Kier alpha value is -0.870. The zero-order valence-electron chi connectivity index (χ0n) is 9.62. The highest BCUT2D eigenvalue weighted by Gasteiger charge is 2.16. The van der Waals surface area contributed by atoms with Gasteiger partial charge in [0.2, 0.25) is 5.91 Å². The second-order valence-electron chi connectivity index (χ2n) is 4.25. The Bertz CT molecular complexity index is 389. The molecule has 1 saturated heterocycles. The van der Waals surface area contributed by atoms with Crippen molar-refractivity contribution in [1.82, 2.24) is 5.32 Å². The zero-order valence-corrected chi connectivity index (χ0v) is 11.2. The van der Waals surface area contributed by atoms with Crippen molar-refractivity contribution in [1.29, 1.82) is 0 Å². The van der Waals surface area contributed by atoms with E-state index in [4.69, 9.17) is 4.74 Å². The normalized spacial score (nSPS) is 19.2. The Kier molecular flexibility index (Phi) is 4.57. The van der Waals surface area contributed by atoms with Crippen molar-refractivity contribution in [2.45, 2.75) is 25.4 Å². The number of nitrogens with one attached hydrogen (secondary N) is 1. The van der Waals surface area contributed by atoms with Gasteiger partial charge in [0.05, 0.1) is 12.5 Å². The zero-order chi connectivity index (χ0) is 12.1. The third kappa shape index (κ3) is 4.13. The standard InChI is InChI=1S/C13H16BrNO2/c14-11-4-1-3-10(7-11)8-13(16)15-9-12-5-2-6-17-12/h1,3-4,7,12H,2,5-6,8-9H2,(H,15,16). The van der Waals surface area contributed by atoms with Crippen LogP contribution in [0.4, 0.5) is 0 Å². The fourth-order valence-electron chi connectivity index (χ4n) is 1.93. The third-order valence-corrected chi connectivity index (χ3v) is 3.30. The molecule has 0 aliphatic carbocycles. The van der Waals surface area contributed by atoms with E-state index in [0.29, 0.717) is 13.0 Å². The summed E-state index contributed by atoms with van der Waals surface area (Å²) in [6.45, 7) is 1.46. The van der Waals surface area contributed by atoms with Gasteiger partial charge in [0, 0.05) is 17.6 Å². The van der Waals surface area contributed by atoms with Gasteiger partial charge in [-0.15, -0.1) is 0 Å². The molecule has 1 amide bonds. The van der Waals surface area contributed by atoms with E-state index < -0.39 is 0 Å². The number of halogens is 1. The van der Waals surface area contributed by atoms with Crippen LogP contribution < -0.4 is 5.32 Å².